The van der Waals surface area contributed by atoms with Crippen LogP contribution < -0.4 is 5.32 Å². The van der Waals surface area contributed by atoms with Crippen molar-refractivity contribution in [3.05, 3.63) is 41.7 Å². The second-order valence-electron chi connectivity index (χ2n) is 5.78. The van der Waals surface area contributed by atoms with E-state index in [0.29, 0.717) is 18.2 Å². The van der Waals surface area contributed by atoms with E-state index in [0.717, 1.165) is 24.0 Å². The molecular weight excluding hydrogens is 264 g/mol. The van der Waals surface area contributed by atoms with Crippen LogP contribution in [0.5, 0.6) is 0 Å². The van der Waals surface area contributed by atoms with Crippen LogP contribution in [0.1, 0.15) is 23.3 Å². The number of carbonyl (C=O) groups is 1. The number of benzene rings is 1. The van der Waals surface area contributed by atoms with E-state index in [-0.39, 0.29) is 5.91 Å². The molecule has 3 aliphatic heterocycles. The SMILES string of the molecule is O=C(NCC1=CC2CCN1CC2)c1n[nH]c2ccccc12. The molecule has 108 valence electrons. The molecule has 5 heteroatoms. The Hall–Kier alpha value is -2.30. The zero-order chi connectivity index (χ0) is 14.2. The summed E-state index contributed by atoms with van der Waals surface area (Å²) in [7, 11) is 0. The molecule has 1 aromatic carbocycles. The molecule has 5 rings (SSSR count). The number of para-hydroxylation sites is 1. The van der Waals surface area contributed by atoms with Crippen LogP contribution in [0.15, 0.2) is 36.0 Å². The number of carbonyl (C=O) groups excluding carboxylic acids is 1. The number of rotatable bonds is 3. The summed E-state index contributed by atoms with van der Waals surface area (Å²) in [5, 5.41) is 10.9. The molecule has 0 saturated carbocycles. The molecule has 0 aliphatic carbocycles. The molecule has 21 heavy (non-hydrogen) atoms. The van der Waals surface area contributed by atoms with E-state index in [2.05, 4.69) is 26.5 Å². The summed E-state index contributed by atoms with van der Waals surface area (Å²) in [6.07, 6.45) is 4.82. The Kier molecular flexibility index (Phi) is 2.91. The zero-order valence-corrected chi connectivity index (χ0v) is 11.8. The molecule has 1 fully saturated rings. The van der Waals surface area contributed by atoms with Gasteiger partial charge in [-0.2, -0.15) is 5.10 Å². The first-order valence-electron chi connectivity index (χ1n) is 7.48. The van der Waals surface area contributed by atoms with Crippen molar-refractivity contribution in [3.8, 4) is 0 Å². The number of nitrogens with zero attached hydrogens (tertiary/aromatic N) is 2. The van der Waals surface area contributed by atoms with Crippen molar-refractivity contribution in [1.82, 2.24) is 20.4 Å². The second-order valence-corrected chi connectivity index (χ2v) is 5.78. The van der Waals surface area contributed by atoms with Crippen molar-refractivity contribution in [1.29, 1.82) is 0 Å². The van der Waals surface area contributed by atoms with Crippen molar-refractivity contribution in [2.24, 2.45) is 5.92 Å². The summed E-state index contributed by atoms with van der Waals surface area (Å²) in [5.41, 5.74) is 2.62. The molecule has 4 heterocycles. The van der Waals surface area contributed by atoms with E-state index in [4.69, 9.17) is 0 Å². The maximum Gasteiger partial charge on any atom is 0.272 e. The lowest BCUT2D eigenvalue weighted by molar-refractivity contribution is 0.0947. The average molecular weight is 282 g/mol. The van der Waals surface area contributed by atoms with E-state index in [1.165, 1.54) is 18.5 Å². The number of aromatic nitrogens is 2. The molecule has 2 aromatic rings. The van der Waals surface area contributed by atoms with Gasteiger partial charge in [-0.1, -0.05) is 24.3 Å². The molecule has 5 nitrogen and oxygen atoms in total. The maximum atomic E-state index is 12.3. The van der Waals surface area contributed by atoms with E-state index in [9.17, 15) is 4.79 Å². The van der Waals surface area contributed by atoms with Crippen LogP contribution in [0, 0.1) is 5.92 Å². The molecule has 1 saturated heterocycles. The second kappa shape index (κ2) is 4.91. The lowest BCUT2D eigenvalue weighted by Gasteiger charge is -2.40. The minimum absolute atomic E-state index is 0.115. The van der Waals surface area contributed by atoms with E-state index >= 15 is 0 Å². The van der Waals surface area contributed by atoms with E-state index in [1.54, 1.807) is 0 Å². The Morgan fingerprint density at radius 2 is 2.14 bits per heavy atom. The number of H-pyrrole nitrogens is 1. The number of amides is 1. The highest BCUT2D eigenvalue weighted by molar-refractivity contribution is 6.04. The Bertz CT molecular complexity index is 710. The van der Waals surface area contributed by atoms with Gasteiger partial charge < -0.3 is 10.2 Å². The number of nitrogens with one attached hydrogen (secondary N) is 2. The van der Waals surface area contributed by atoms with Crippen molar-refractivity contribution >= 4 is 16.8 Å². The maximum absolute atomic E-state index is 12.3. The predicted molar refractivity (Wildman–Crippen MR) is 80.8 cm³/mol. The van der Waals surface area contributed by atoms with Crippen LogP contribution in [-0.2, 0) is 0 Å². The van der Waals surface area contributed by atoms with Gasteiger partial charge in [0.05, 0.1) is 12.1 Å². The first kappa shape index (κ1) is 12.4. The summed E-state index contributed by atoms with van der Waals surface area (Å²) in [5.74, 6) is 0.587. The van der Waals surface area contributed by atoms with Gasteiger partial charge in [-0.15, -0.1) is 0 Å². The van der Waals surface area contributed by atoms with Gasteiger partial charge in [0.15, 0.2) is 5.69 Å². The first-order valence-corrected chi connectivity index (χ1v) is 7.48. The van der Waals surface area contributed by atoms with Crippen molar-refractivity contribution in [2.45, 2.75) is 12.8 Å². The van der Waals surface area contributed by atoms with Gasteiger partial charge in [-0.25, -0.2) is 0 Å². The van der Waals surface area contributed by atoms with Gasteiger partial charge >= 0.3 is 0 Å². The van der Waals surface area contributed by atoms with Crippen LogP contribution >= 0.6 is 0 Å². The average Bonchev–Trinajstić information content (AvgIpc) is 2.98. The first-order chi connectivity index (χ1) is 10.3. The number of fused-ring (bicyclic) bond motifs is 3. The number of hydrogen-bond donors (Lipinski definition) is 2. The summed E-state index contributed by atoms with van der Waals surface area (Å²) < 4.78 is 0. The molecule has 0 radical (unpaired) electrons. The number of allylic oxidation sites excluding steroid dienone is 1. The molecule has 3 aliphatic rings. The Balaban J connectivity index is 1.49. The Labute approximate surface area is 123 Å². The predicted octanol–water partition coefficient (Wildman–Crippen LogP) is 1.90. The molecule has 0 atom stereocenters. The van der Waals surface area contributed by atoms with Crippen LogP contribution in [-0.4, -0.2) is 40.6 Å². The van der Waals surface area contributed by atoms with Crippen molar-refractivity contribution in [3.63, 3.8) is 0 Å². The molecular formula is C16H18N4O. The highest BCUT2D eigenvalue weighted by Gasteiger charge is 2.26. The summed E-state index contributed by atoms with van der Waals surface area (Å²) in [4.78, 5) is 14.7. The molecule has 1 aromatic heterocycles. The normalized spacial score (nSPS) is 18.1. The van der Waals surface area contributed by atoms with Crippen LogP contribution in [0.25, 0.3) is 10.9 Å². The monoisotopic (exact) mass is 282 g/mol. The van der Waals surface area contributed by atoms with Gasteiger partial charge in [0.25, 0.3) is 5.91 Å². The van der Waals surface area contributed by atoms with Crippen molar-refractivity contribution < 1.29 is 4.79 Å². The summed E-state index contributed by atoms with van der Waals surface area (Å²) in [6, 6.07) is 7.69. The van der Waals surface area contributed by atoms with Gasteiger partial charge in [0.1, 0.15) is 0 Å². The minimum atomic E-state index is -0.115. The molecule has 0 unspecified atom stereocenters. The van der Waals surface area contributed by atoms with E-state index < -0.39 is 0 Å². The number of piperidine rings is 1. The standard InChI is InChI=1S/C16H18N4O/c21-16(15-13-3-1-2-4-14(13)18-19-15)17-10-12-9-11-5-7-20(12)8-6-11/h1-4,9,11H,5-8,10H2,(H,17,21)(H,18,19). The fourth-order valence-electron chi connectivity index (χ4n) is 3.29. The van der Waals surface area contributed by atoms with Gasteiger partial charge in [0.2, 0.25) is 0 Å². The third kappa shape index (κ3) is 2.18. The molecule has 2 bridgehead atoms. The van der Waals surface area contributed by atoms with Crippen LogP contribution in [0.4, 0.5) is 0 Å². The van der Waals surface area contributed by atoms with Gasteiger partial charge in [0, 0.05) is 24.2 Å². The van der Waals surface area contributed by atoms with Crippen LogP contribution in [0.3, 0.4) is 0 Å². The van der Waals surface area contributed by atoms with Crippen LogP contribution in [0.2, 0.25) is 0 Å². The lowest BCUT2D eigenvalue weighted by atomic mass is 9.90. The fourth-order valence-corrected chi connectivity index (χ4v) is 3.29. The number of hydrogen-bond acceptors (Lipinski definition) is 3. The van der Waals surface area contributed by atoms with Gasteiger partial charge in [-0.05, 0) is 24.8 Å². The highest BCUT2D eigenvalue weighted by atomic mass is 16.1. The quantitative estimate of drug-likeness (QED) is 0.904. The highest BCUT2D eigenvalue weighted by Crippen LogP contribution is 2.28. The minimum Gasteiger partial charge on any atom is -0.374 e. The Morgan fingerprint density at radius 3 is 2.90 bits per heavy atom. The number of aromatic amines is 1. The summed E-state index contributed by atoms with van der Waals surface area (Å²) >= 11 is 0. The largest absolute Gasteiger partial charge is 0.374 e. The molecule has 2 N–H and O–H groups in total. The third-order valence-electron chi connectivity index (χ3n) is 4.49. The van der Waals surface area contributed by atoms with E-state index in [1.807, 2.05) is 24.3 Å². The third-order valence-corrected chi connectivity index (χ3v) is 4.49. The van der Waals surface area contributed by atoms with Crippen molar-refractivity contribution in [2.75, 3.05) is 19.6 Å². The summed E-state index contributed by atoms with van der Waals surface area (Å²) in [6.45, 7) is 2.84. The topological polar surface area (TPSA) is 61.0 Å². The smallest absolute Gasteiger partial charge is 0.272 e. The molecule has 1 amide bonds. The molecule has 0 spiro atoms. The lowest BCUT2D eigenvalue weighted by Crippen LogP contribution is -2.42. The Morgan fingerprint density at radius 1 is 1.33 bits per heavy atom. The fraction of sp³-hybridized carbons (Fsp3) is 0.375. The zero-order valence-electron chi connectivity index (χ0n) is 11.8. The van der Waals surface area contributed by atoms with Gasteiger partial charge in [-0.3, -0.25) is 9.89 Å².